The number of rotatable bonds is 3. The minimum absolute atomic E-state index is 0.0367. The molecule has 1 aliphatic heterocycles. The maximum Gasteiger partial charge on any atom is 0.248 e. The first-order chi connectivity index (χ1) is 9.13. The molecule has 0 atom stereocenters. The zero-order chi connectivity index (χ0) is 13.8. The van der Waals surface area contributed by atoms with Gasteiger partial charge in [-0.15, -0.1) is 0 Å². The Morgan fingerprint density at radius 3 is 2.79 bits per heavy atom. The van der Waals surface area contributed by atoms with Crippen LogP contribution in [-0.2, 0) is 22.4 Å². The number of fused-ring (bicyclic) bond motifs is 1. The van der Waals surface area contributed by atoms with E-state index in [1.165, 1.54) is 0 Å². The van der Waals surface area contributed by atoms with Gasteiger partial charge in [0.25, 0.3) is 0 Å². The van der Waals surface area contributed by atoms with Crippen LogP contribution in [0.3, 0.4) is 0 Å². The van der Waals surface area contributed by atoms with Crippen molar-refractivity contribution in [2.24, 2.45) is 0 Å². The van der Waals surface area contributed by atoms with Crippen LogP contribution >= 0.6 is 0 Å². The molecule has 6 heteroatoms. The molecule has 1 amide bonds. The topological polar surface area (TPSA) is 58.6 Å². The van der Waals surface area contributed by atoms with E-state index in [9.17, 15) is 4.79 Å². The van der Waals surface area contributed by atoms with Gasteiger partial charge in [0.05, 0.1) is 5.69 Å². The van der Waals surface area contributed by atoms with Crippen LogP contribution < -0.4 is 4.90 Å². The first-order valence-corrected chi connectivity index (χ1v) is 6.40. The van der Waals surface area contributed by atoms with E-state index in [0.29, 0.717) is 13.1 Å². The standard InChI is InChI=1S/C13H20N4O2/c1-16(2)13-10-4-6-17(12(18)8-19-3)7-5-11(10)14-9-15-13/h9H,4-8H2,1-3H3. The highest BCUT2D eigenvalue weighted by Crippen LogP contribution is 2.22. The number of ether oxygens (including phenoxy) is 1. The van der Waals surface area contributed by atoms with Crippen molar-refractivity contribution in [3.63, 3.8) is 0 Å². The highest BCUT2D eigenvalue weighted by Gasteiger charge is 2.21. The molecule has 0 N–H and O–H groups in total. The van der Waals surface area contributed by atoms with Gasteiger partial charge in [0.15, 0.2) is 0 Å². The van der Waals surface area contributed by atoms with Crippen LogP contribution in [0.1, 0.15) is 11.3 Å². The fourth-order valence-electron chi connectivity index (χ4n) is 2.36. The molecular weight excluding hydrogens is 244 g/mol. The van der Waals surface area contributed by atoms with E-state index in [2.05, 4.69) is 9.97 Å². The largest absolute Gasteiger partial charge is 0.375 e. The van der Waals surface area contributed by atoms with Crippen molar-refractivity contribution in [3.8, 4) is 0 Å². The third-order valence-electron chi connectivity index (χ3n) is 3.31. The minimum atomic E-state index is 0.0367. The van der Waals surface area contributed by atoms with Crippen molar-refractivity contribution < 1.29 is 9.53 Å². The average Bonchev–Trinajstić information content (AvgIpc) is 2.60. The van der Waals surface area contributed by atoms with Crippen molar-refractivity contribution in [2.75, 3.05) is 45.8 Å². The molecule has 0 aliphatic carbocycles. The molecule has 0 unspecified atom stereocenters. The summed E-state index contributed by atoms with van der Waals surface area (Å²) in [6, 6.07) is 0. The molecule has 1 aromatic heterocycles. The Labute approximate surface area is 113 Å². The van der Waals surface area contributed by atoms with Crippen LogP contribution in [0.2, 0.25) is 0 Å². The predicted octanol–water partition coefficient (Wildman–Crippen LogP) is 0.116. The SMILES string of the molecule is COCC(=O)N1CCc2ncnc(N(C)C)c2CC1. The molecule has 1 aromatic rings. The van der Waals surface area contributed by atoms with E-state index in [4.69, 9.17) is 4.74 Å². The highest BCUT2D eigenvalue weighted by molar-refractivity contribution is 5.77. The second kappa shape index (κ2) is 5.97. The van der Waals surface area contributed by atoms with Gasteiger partial charge in [-0.3, -0.25) is 4.79 Å². The quantitative estimate of drug-likeness (QED) is 0.776. The molecule has 2 heterocycles. The van der Waals surface area contributed by atoms with Gasteiger partial charge in [0, 0.05) is 46.3 Å². The van der Waals surface area contributed by atoms with Crippen LogP contribution in [0.5, 0.6) is 0 Å². The Balaban J connectivity index is 2.18. The summed E-state index contributed by atoms with van der Waals surface area (Å²) in [5.41, 5.74) is 2.20. The van der Waals surface area contributed by atoms with E-state index >= 15 is 0 Å². The Bertz CT molecular complexity index is 462. The molecule has 6 nitrogen and oxygen atoms in total. The van der Waals surface area contributed by atoms with Crippen LogP contribution in [-0.4, -0.2) is 61.7 Å². The van der Waals surface area contributed by atoms with Gasteiger partial charge in [-0.2, -0.15) is 0 Å². The number of methoxy groups -OCH3 is 1. The summed E-state index contributed by atoms with van der Waals surface area (Å²) in [7, 11) is 5.49. The number of carbonyl (C=O) groups excluding carboxylic acids is 1. The molecular formula is C13H20N4O2. The molecule has 0 saturated heterocycles. The van der Waals surface area contributed by atoms with Crippen LogP contribution in [0.4, 0.5) is 5.82 Å². The number of nitrogens with zero attached hydrogens (tertiary/aromatic N) is 4. The number of carbonyl (C=O) groups is 1. The fourth-order valence-corrected chi connectivity index (χ4v) is 2.36. The Morgan fingerprint density at radius 1 is 1.37 bits per heavy atom. The van der Waals surface area contributed by atoms with Gasteiger partial charge >= 0.3 is 0 Å². The van der Waals surface area contributed by atoms with Gasteiger partial charge in [-0.05, 0) is 6.42 Å². The lowest BCUT2D eigenvalue weighted by atomic mass is 10.1. The number of hydrogen-bond acceptors (Lipinski definition) is 5. The fraction of sp³-hybridized carbons (Fsp3) is 0.615. The van der Waals surface area contributed by atoms with E-state index in [-0.39, 0.29) is 12.5 Å². The van der Waals surface area contributed by atoms with Crippen molar-refractivity contribution >= 4 is 11.7 Å². The third-order valence-corrected chi connectivity index (χ3v) is 3.31. The lowest BCUT2D eigenvalue weighted by Gasteiger charge is -2.19. The van der Waals surface area contributed by atoms with Crippen molar-refractivity contribution in [2.45, 2.75) is 12.8 Å². The molecule has 2 rings (SSSR count). The van der Waals surface area contributed by atoms with Gasteiger partial charge in [0.2, 0.25) is 5.91 Å². The maximum atomic E-state index is 11.9. The molecule has 19 heavy (non-hydrogen) atoms. The summed E-state index contributed by atoms with van der Waals surface area (Å²) in [5, 5.41) is 0. The number of aromatic nitrogens is 2. The minimum Gasteiger partial charge on any atom is -0.375 e. The molecule has 0 bridgehead atoms. The van der Waals surface area contributed by atoms with Crippen LogP contribution in [0.15, 0.2) is 6.33 Å². The molecule has 0 spiro atoms. The summed E-state index contributed by atoms with van der Waals surface area (Å²) >= 11 is 0. The van der Waals surface area contributed by atoms with E-state index < -0.39 is 0 Å². The molecule has 1 aliphatic rings. The van der Waals surface area contributed by atoms with E-state index in [0.717, 1.165) is 29.9 Å². The van der Waals surface area contributed by atoms with Gasteiger partial charge in [0.1, 0.15) is 18.8 Å². The molecule has 0 radical (unpaired) electrons. The first-order valence-electron chi connectivity index (χ1n) is 6.40. The first kappa shape index (κ1) is 13.7. The summed E-state index contributed by atoms with van der Waals surface area (Å²) in [6.07, 6.45) is 3.16. The average molecular weight is 264 g/mol. The molecule has 0 saturated carbocycles. The van der Waals surface area contributed by atoms with E-state index in [1.807, 2.05) is 23.9 Å². The lowest BCUT2D eigenvalue weighted by Crippen LogP contribution is -2.35. The molecule has 0 aromatic carbocycles. The monoisotopic (exact) mass is 264 g/mol. The predicted molar refractivity (Wildman–Crippen MR) is 72.2 cm³/mol. The Morgan fingerprint density at radius 2 is 2.11 bits per heavy atom. The Kier molecular flexibility index (Phi) is 4.31. The second-order valence-electron chi connectivity index (χ2n) is 4.83. The third kappa shape index (κ3) is 3.01. The lowest BCUT2D eigenvalue weighted by molar-refractivity contribution is -0.135. The highest BCUT2D eigenvalue weighted by atomic mass is 16.5. The summed E-state index contributed by atoms with van der Waals surface area (Å²) in [6.45, 7) is 1.53. The smallest absolute Gasteiger partial charge is 0.248 e. The maximum absolute atomic E-state index is 11.9. The molecule has 104 valence electrons. The zero-order valence-corrected chi connectivity index (χ0v) is 11.7. The number of hydrogen-bond donors (Lipinski definition) is 0. The van der Waals surface area contributed by atoms with E-state index in [1.54, 1.807) is 13.4 Å². The number of amides is 1. The normalized spacial score (nSPS) is 14.8. The Hall–Kier alpha value is -1.69. The summed E-state index contributed by atoms with van der Waals surface area (Å²) < 4.78 is 4.91. The second-order valence-corrected chi connectivity index (χ2v) is 4.83. The van der Waals surface area contributed by atoms with Crippen molar-refractivity contribution in [3.05, 3.63) is 17.6 Å². The summed E-state index contributed by atoms with van der Waals surface area (Å²) in [5.74, 6) is 0.987. The zero-order valence-electron chi connectivity index (χ0n) is 11.7. The van der Waals surface area contributed by atoms with Crippen LogP contribution in [0, 0.1) is 0 Å². The van der Waals surface area contributed by atoms with Gasteiger partial charge in [-0.1, -0.05) is 0 Å². The van der Waals surface area contributed by atoms with Gasteiger partial charge in [-0.25, -0.2) is 9.97 Å². The summed E-state index contributed by atoms with van der Waals surface area (Å²) in [4.78, 5) is 24.4. The van der Waals surface area contributed by atoms with Crippen LogP contribution in [0.25, 0.3) is 0 Å². The van der Waals surface area contributed by atoms with Crippen molar-refractivity contribution in [1.82, 2.24) is 14.9 Å². The molecule has 0 fully saturated rings. The number of anilines is 1. The van der Waals surface area contributed by atoms with Crippen molar-refractivity contribution in [1.29, 1.82) is 0 Å². The van der Waals surface area contributed by atoms with Gasteiger partial charge < -0.3 is 14.5 Å².